The van der Waals surface area contributed by atoms with Crippen LogP contribution in [0, 0.1) is 5.82 Å². The normalized spacial score (nSPS) is 15.3. The largest absolute Gasteiger partial charge is 0.493 e. The number of fused-ring (bicyclic) bond motifs is 1. The Morgan fingerprint density at radius 2 is 2.00 bits per heavy atom. The van der Waals surface area contributed by atoms with E-state index in [0.717, 1.165) is 18.4 Å². The second-order valence-corrected chi connectivity index (χ2v) is 6.62. The quantitative estimate of drug-likeness (QED) is 0.708. The summed E-state index contributed by atoms with van der Waals surface area (Å²) in [4.78, 5) is 14.8. The molecule has 6 nitrogen and oxygen atoms in total. The van der Waals surface area contributed by atoms with Crippen LogP contribution in [0.4, 0.5) is 4.39 Å². The average Bonchev–Trinajstić information content (AvgIpc) is 3.11. The first kappa shape index (κ1) is 17.5. The lowest BCUT2D eigenvalue weighted by molar-refractivity contribution is 0.0687. The number of likely N-dealkylation sites (tertiary alicyclic amines) is 1. The maximum atomic E-state index is 13.3. The highest BCUT2D eigenvalue weighted by Gasteiger charge is 2.27. The average molecular weight is 368 g/mol. The predicted octanol–water partition coefficient (Wildman–Crippen LogP) is 3.45. The van der Waals surface area contributed by atoms with Gasteiger partial charge < -0.3 is 9.64 Å². The van der Waals surface area contributed by atoms with Crippen LogP contribution in [0.15, 0.2) is 42.5 Å². The van der Waals surface area contributed by atoms with Gasteiger partial charge in [0.25, 0.3) is 5.91 Å². The third-order valence-electron chi connectivity index (χ3n) is 4.95. The monoisotopic (exact) mass is 368 g/mol. The SMILES string of the molecule is CCOc1ccccc1C(=O)N1CCC(n2nnc3cc(F)ccc32)CC1. The van der Waals surface area contributed by atoms with E-state index in [1.54, 1.807) is 12.1 Å². The van der Waals surface area contributed by atoms with Crippen LogP contribution in [0.25, 0.3) is 11.0 Å². The number of piperidine rings is 1. The lowest BCUT2D eigenvalue weighted by atomic mass is 10.0. The Bertz CT molecular complexity index is 964. The van der Waals surface area contributed by atoms with Crippen LogP contribution in [0.1, 0.15) is 36.2 Å². The molecule has 2 aromatic carbocycles. The number of para-hydroxylation sites is 1. The molecule has 140 valence electrons. The van der Waals surface area contributed by atoms with Gasteiger partial charge in [-0.25, -0.2) is 9.07 Å². The van der Waals surface area contributed by atoms with Crippen LogP contribution in [-0.2, 0) is 0 Å². The summed E-state index contributed by atoms with van der Waals surface area (Å²) >= 11 is 0. The molecule has 0 atom stereocenters. The van der Waals surface area contributed by atoms with Gasteiger partial charge in [-0.1, -0.05) is 17.3 Å². The van der Waals surface area contributed by atoms with Crippen molar-refractivity contribution in [1.29, 1.82) is 0 Å². The van der Waals surface area contributed by atoms with Crippen molar-refractivity contribution in [3.8, 4) is 5.75 Å². The number of rotatable bonds is 4. The summed E-state index contributed by atoms with van der Waals surface area (Å²) in [7, 11) is 0. The van der Waals surface area contributed by atoms with Crippen molar-refractivity contribution in [1.82, 2.24) is 19.9 Å². The third kappa shape index (κ3) is 3.37. The van der Waals surface area contributed by atoms with Gasteiger partial charge in [-0.05, 0) is 44.0 Å². The van der Waals surface area contributed by atoms with Crippen LogP contribution in [-0.4, -0.2) is 45.5 Å². The van der Waals surface area contributed by atoms with E-state index in [-0.39, 0.29) is 17.8 Å². The second kappa shape index (κ2) is 7.34. The van der Waals surface area contributed by atoms with Crippen LogP contribution in [0.2, 0.25) is 0 Å². The Balaban J connectivity index is 1.48. The van der Waals surface area contributed by atoms with E-state index in [9.17, 15) is 9.18 Å². The summed E-state index contributed by atoms with van der Waals surface area (Å²) in [6.45, 7) is 3.69. The minimum absolute atomic E-state index is 0.0111. The van der Waals surface area contributed by atoms with Crippen molar-refractivity contribution in [2.75, 3.05) is 19.7 Å². The number of aromatic nitrogens is 3. The molecule has 0 saturated carbocycles. The molecule has 1 fully saturated rings. The number of benzene rings is 2. The third-order valence-corrected chi connectivity index (χ3v) is 4.95. The van der Waals surface area contributed by atoms with Crippen molar-refractivity contribution in [2.24, 2.45) is 0 Å². The summed E-state index contributed by atoms with van der Waals surface area (Å²) < 4.78 is 20.8. The van der Waals surface area contributed by atoms with Gasteiger partial charge in [-0.15, -0.1) is 5.10 Å². The van der Waals surface area contributed by atoms with Gasteiger partial charge in [0.15, 0.2) is 0 Å². The zero-order chi connectivity index (χ0) is 18.8. The number of halogens is 1. The smallest absolute Gasteiger partial charge is 0.257 e. The summed E-state index contributed by atoms with van der Waals surface area (Å²) in [6, 6.07) is 12.0. The van der Waals surface area contributed by atoms with Crippen LogP contribution in [0.3, 0.4) is 0 Å². The van der Waals surface area contributed by atoms with Crippen LogP contribution < -0.4 is 4.74 Å². The topological polar surface area (TPSA) is 60.2 Å². The molecule has 0 unspecified atom stereocenters. The molecule has 1 aliphatic heterocycles. The second-order valence-electron chi connectivity index (χ2n) is 6.62. The maximum Gasteiger partial charge on any atom is 0.257 e. The Hall–Kier alpha value is -2.96. The van der Waals surface area contributed by atoms with E-state index in [2.05, 4.69) is 10.3 Å². The van der Waals surface area contributed by atoms with Crippen molar-refractivity contribution in [3.05, 3.63) is 53.8 Å². The van der Waals surface area contributed by atoms with E-state index < -0.39 is 0 Å². The molecule has 1 amide bonds. The first-order valence-electron chi connectivity index (χ1n) is 9.19. The van der Waals surface area contributed by atoms with E-state index in [1.165, 1.54) is 12.1 Å². The number of carbonyl (C=O) groups is 1. The number of amides is 1. The molecule has 7 heteroatoms. The fourth-order valence-electron chi connectivity index (χ4n) is 3.59. The molecule has 3 aromatic rings. The molecule has 0 spiro atoms. The highest BCUT2D eigenvalue weighted by Crippen LogP contribution is 2.28. The van der Waals surface area contributed by atoms with Gasteiger partial charge in [0.05, 0.1) is 23.7 Å². The Morgan fingerprint density at radius 1 is 1.22 bits per heavy atom. The van der Waals surface area contributed by atoms with Gasteiger partial charge in [-0.2, -0.15) is 0 Å². The zero-order valence-corrected chi connectivity index (χ0v) is 15.1. The molecular formula is C20H21FN4O2. The van der Waals surface area contributed by atoms with Gasteiger partial charge in [0, 0.05) is 19.2 Å². The van der Waals surface area contributed by atoms with E-state index >= 15 is 0 Å². The van der Waals surface area contributed by atoms with Gasteiger partial charge in [0.2, 0.25) is 0 Å². The summed E-state index contributed by atoms with van der Waals surface area (Å²) in [6.07, 6.45) is 1.55. The summed E-state index contributed by atoms with van der Waals surface area (Å²) in [5.41, 5.74) is 1.97. The standard InChI is InChI=1S/C20H21FN4O2/c1-2-27-19-6-4-3-5-16(19)20(26)24-11-9-15(10-12-24)25-18-8-7-14(21)13-17(18)22-23-25/h3-8,13,15H,2,9-12H2,1H3. The molecule has 0 N–H and O–H groups in total. The van der Waals surface area contributed by atoms with Crippen LogP contribution >= 0.6 is 0 Å². The molecule has 27 heavy (non-hydrogen) atoms. The molecular weight excluding hydrogens is 347 g/mol. The lowest BCUT2D eigenvalue weighted by Gasteiger charge is -2.32. The van der Waals surface area contributed by atoms with Gasteiger partial charge in [0.1, 0.15) is 17.1 Å². The first-order chi connectivity index (χ1) is 13.2. The van der Waals surface area contributed by atoms with Crippen molar-refractivity contribution >= 4 is 16.9 Å². The molecule has 1 saturated heterocycles. The number of nitrogens with zero attached hydrogens (tertiary/aromatic N) is 4. The maximum absolute atomic E-state index is 13.3. The van der Waals surface area contributed by atoms with Crippen molar-refractivity contribution in [2.45, 2.75) is 25.8 Å². The number of hydrogen-bond acceptors (Lipinski definition) is 4. The molecule has 0 bridgehead atoms. The Labute approximate surface area is 156 Å². The zero-order valence-electron chi connectivity index (χ0n) is 15.1. The Morgan fingerprint density at radius 3 is 2.78 bits per heavy atom. The fraction of sp³-hybridized carbons (Fsp3) is 0.350. The predicted molar refractivity (Wildman–Crippen MR) is 99.3 cm³/mol. The molecule has 1 aromatic heterocycles. The van der Waals surface area contributed by atoms with E-state index in [1.807, 2.05) is 34.7 Å². The molecule has 4 rings (SSSR count). The molecule has 0 radical (unpaired) electrons. The highest BCUT2D eigenvalue weighted by atomic mass is 19.1. The Kier molecular flexibility index (Phi) is 4.75. The van der Waals surface area contributed by atoms with Crippen molar-refractivity contribution in [3.63, 3.8) is 0 Å². The summed E-state index contributed by atoms with van der Waals surface area (Å²) in [5.74, 6) is 0.294. The van der Waals surface area contributed by atoms with E-state index in [0.29, 0.717) is 36.5 Å². The highest BCUT2D eigenvalue weighted by molar-refractivity contribution is 5.97. The molecule has 2 heterocycles. The van der Waals surface area contributed by atoms with Crippen molar-refractivity contribution < 1.29 is 13.9 Å². The number of hydrogen-bond donors (Lipinski definition) is 0. The van der Waals surface area contributed by atoms with Gasteiger partial charge in [-0.3, -0.25) is 4.79 Å². The lowest BCUT2D eigenvalue weighted by Crippen LogP contribution is -2.39. The first-order valence-corrected chi connectivity index (χ1v) is 9.19. The molecule has 1 aliphatic rings. The minimum atomic E-state index is -0.317. The number of carbonyl (C=O) groups excluding carboxylic acids is 1. The fourth-order valence-corrected chi connectivity index (χ4v) is 3.59. The molecule has 0 aliphatic carbocycles. The van der Waals surface area contributed by atoms with Crippen LogP contribution in [0.5, 0.6) is 5.75 Å². The van der Waals surface area contributed by atoms with Gasteiger partial charge >= 0.3 is 0 Å². The van der Waals surface area contributed by atoms with E-state index in [4.69, 9.17) is 4.74 Å². The summed E-state index contributed by atoms with van der Waals surface area (Å²) in [5, 5.41) is 8.27. The minimum Gasteiger partial charge on any atom is -0.493 e. The number of ether oxygens (including phenoxy) is 1.